The Labute approximate surface area is 117 Å². The van der Waals surface area contributed by atoms with Crippen molar-refractivity contribution in [3.05, 3.63) is 29.8 Å². The Morgan fingerprint density at radius 1 is 1.17 bits per heavy atom. The van der Waals surface area contributed by atoms with Crippen molar-refractivity contribution >= 4 is 11.8 Å². The van der Waals surface area contributed by atoms with Crippen molar-refractivity contribution in [2.45, 2.75) is 58.0 Å². The molecule has 0 aromatic heterocycles. The summed E-state index contributed by atoms with van der Waals surface area (Å²) in [4.78, 5) is 1.43. The van der Waals surface area contributed by atoms with Gasteiger partial charge in [-0.1, -0.05) is 32.0 Å². The van der Waals surface area contributed by atoms with E-state index >= 15 is 0 Å². The molecule has 1 N–H and O–H groups in total. The molecule has 1 aromatic carbocycles. The van der Waals surface area contributed by atoms with E-state index in [0.29, 0.717) is 0 Å². The van der Waals surface area contributed by atoms with Crippen molar-refractivity contribution in [2.24, 2.45) is 5.92 Å². The minimum atomic E-state index is 0.176. The SMILES string of the molecule is CC(C)CCSc1ccccc1CNC(C)(C)C. The van der Waals surface area contributed by atoms with Crippen molar-refractivity contribution in [2.75, 3.05) is 5.75 Å². The first-order chi connectivity index (χ1) is 8.38. The summed E-state index contributed by atoms with van der Waals surface area (Å²) in [6.45, 7) is 12.2. The number of thioether (sulfide) groups is 1. The van der Waals surface area contributed by atoms with Crippen LogP contribution < -0.4 is 5.32 Å². The Balaban J connectivity index is 2.56. The summed E-state index contributed by atoms with van der Waals surface area (Å²) < 4.78 is 0. The van der Waals surface area contributed by atoms with E-state index in [-0.39, 0.29) is 5.54 Å². The van der Waals surface area contributed by atoms with Gasteiger partial charge in [-0.15, -0.1) is 11.8 Å². The minimum absolute atomic E-state index is 0.176. The highest BCUT2D eigenvalue weighted by atomic mass is 32.2. The molecule has 0 atom stereocenters. The maximum Gasteiger partial charge on any atom is 0.0221 e. The van der Waals surface area contributed by atoms with Crippen LogP contribution in [0.15, 0.2) is 29.2 Å². The first-order valence-electron chi connectivity index (χ1n) is 6.84. The van der Waals surface area contributed by atoms with Gasteiger partial charge in [0.2, 0.25) is 0 Å². The van der Waals surface area contributed by atoms with Crippen molar-refractivity contribution in [1.29, 1.82) is 0 Å². The van der Waals surface area contributed by atoms with Crippen LogP contribution in [0.25, 0.3) is 0 Å². The summed E-state index contributed by atoms with van der Waals surface area (Å²) in [6, 6.07) is 8.74. The lowest BCUT2D eigenvalue weighted by Crippen LogP contribution is -2.35. The molecule has 102 valence electrons. The molecule has 1 aromatic rings. The van der Waals surface area contributed by atoms with E-state index in [4.69, 9.17) is 0 Å². The van der Waals surface area contributed by atoms with Crippen LogP contribution in [-0.2, 0) is 6.54 Å². The Bertz CT molecular complexity index is 352. The van der Waals surface area contributed by atoms with Crippen LogP contribution in [0, 0.1) is 5.92 Å². The fourth-order valence-electron chi connectivity index (χ4n) is 1.56. The van der Waals surface area contributed by atoms with E-state index in [1.807, 2.05) is 11.8 Å². The third-order valence-electron chi connectivity index (χ3n) is 2.73. The average molecular weight is 265 g/mol. The standard InChI is InChI=1S/C16H27NS/c1-13(2)10-11-18-15-9-7-6-8-14(15)12-17-16(3,4)5/h6-9,13,17H,10-12H2,1-5H3. The molecular formula is C16H27NS. The van der Waals surface area contributed by atoms with Gasteiger partial charge in [0.05, 0.1) is 0 Å². The summed E-state index contributed by atoms with van der Waals surface area (Å²) in [5, 5.41) is 3.56. The second kappa shape index (κ2) is 7.20. The van der Waals surface area contributed by atoms with Crippen LogP contribution in [0.4, 0.5) is 0 Å². The van der Waals surface area contributed by atoms with Gasteiger partial charge in [0.25, 0.3) is 0 Å². The van der Waals surface area contributed by atoms with Crippen LogP contribution in [0.3, 0.4) is 0 Å². The zero-order valence-corrected chi connectivity index (χ0v) is 13.2. The van der Waals surface area contributed by atoms with Crippen LogP contribution in [0.5, 0.6) is 0 Å². The van der Waals surface area contributed by atoms with Crippen LogP contribution >= 0.6 is 11.8 Å². The molecule has 0 heterocycles. The molecule has 0 radical (unpaired) electrons. The maximum atomic E-state index is 3.56. The lowest BCUT2D eigenvalue weighted by molar-refractivity contribution is 0.422. The Hall–Kier alpha value is -0.470. The van der Waals surface area contributed by atoms with Crippen molar-refractivity contribution < 1.29 is 0 Å². The van der Waals surface area contributed by atoms with Gasteiger partial charge in [-0.05, 0) is 50.5 Å². The summed E-state index contributed by atoms with van der Waals surface area (Å²) in [5.74, 6) is 2.00. The molecule has 0 bridgehead atoms. The second-order valence-corrected chi connectivity index (χ2v) is 7.38. The zero-order valence-electron chi connectivity index (χ0n) is 12.4. The maximum absolute atomic E-state index is 3.56. The summed E-state index contributed by atoms with van der Waals surface area (Å²) in [5.41, 5.74) is 1.59. The largest absolute Gasteiger partial charge is 0.308 e. The van der Waals surface area contributed by atoms with Crippen LogP contribution in [0.2, 0.25) is 0 Å². The predicted octanol–water partition coefficient (Wildman–Crippen LogP) is 4.71. The van der Waals surface area contributed by atoms with Crippen molar-refractivity contribution in [3.63, 3.8) is 0 Å². The van der Waals surface area contributed by atoms with Gasteiger partial charge in [-0.2, -0.15) is 0 Å². The van der Waals surface area contributed by atoms with Gasteiger partial charge in [-0.3, -0.25) is 0 Å². The number of rotatable bonds is 6. The first kappa shape index (κ1) is 15.6. The lowest BCUT2D eigenvalue weighted by Gasteiger charge is -2.21. The highest BCUT2D eigenvalue weighted by Crippen LogP contribution is 2.24. The van der Waals surface area contributed by atoms with Gasteiger partial charge in [0, 0.05) is 17.0 Å². The first-order valence-corrected chi connectivity index (χ1v) is 7.83. The topological polar surface area (TPSA) is 12.0 Å². The van der Waals surface area contributed by atoms with E-state index in [9.17, 15) is 0 Å². The average Bonchev–Trinajstić information content (AvgIpc) is 2.26. The summed E-state index contributed by atoms with van der Waals surface area (Å²) in [7, 11) is 0. The van der Waals surface area contributed by atoms with Gasteiger partial charge < -0.3 is 5.32 Å². The van der Waals surface area contributed by atoms with Crippen LogP contribution in [-0.4, -0.2) is 11.3 Å². The normalized spacial score (nSPS) is 12.1. The Morgan fingerprint density at radius 2 is 1.83 bits per heavy atom. The fourth-order valence-corrected chi connectivity index (χ4v) is 2.87. The molecule has 0 spiro atoms. The number of hydrogen-bond acceptors (Lipinski definition) is 2. The van der Waals surface area contributed by atoms with Gasteiger partial charge in [0.1, 0.15) is 0 Å². The van der Waals surface area contributed by atoms with Gasteiger partial charge >= 0.3 is 0 Å². The molecule has 0 aliphatic rings. The summed E-state index contributed by atoms with van der Waals surface area (Å²) >= 11 is 1.99. The van der Waals surface area contributed by atoms with E-state index in [1.165, 1.54) is 22.6 Å². The molecule has 2 heteroatoms. The molecular weight excluding hydrogens is 238 g/mol. The highest BCUT2D eigenvalue weighted by Gasteiger charge is 2.10. The third-order valence-corrected chi connectivity index (χ3v) is 3.88. The zero-order chi connectivity index (χ0) is 13.6. The molecule has 0 amide bonds. The number of benzene rings is 1. The minimum Gasteiger partial charge on any atom is -0.308 e. The van der Waals surface area contributed by atoms with Crippen molar-refractivity contribution in [1.82, 2.24) is 5.32 Å². The third kappa shape index (κ3) is 6.46. The molecule has 0 saturated heterocycles. The molecule has 1 nitrogen and oxygen atoms in total. The van der Waals surface area contributed by atoms with E-state index in [0.717, 1.165) is 12.5 Å². The van der Waals surface area contributed by atoms with Gasteiger partial charge in [0.15, 0.2) is 0 Å². The molecule has 0 saturated carbocycles. The van der Waals surface area contributed by atoms with E-state index < -0.39 is 0 Å². The number of hydrogen-bond donors (Lipinski definition) is 1. The van der Waals surface area contributed by atoms with Crippen molar-refractivity contribution in [3.8, 4) is 0 Å². The number of nitrogens with one attached hydrogen (secondary N) is 1. The smallest absolute Gasteiger partial charge is 0.0221 e. The molecule has 18 heavy (non-hydrogen) atoms. The fraction of sp³-hybridized carbons (Fsp3) is 0.625. The molecule has 1 rings (SSSR count). The summed E-state index contributed by atoms with van der Waals surface area (Å²) in [6.07, 6.45) is 1.28. The predicted molar refractivity (Wildman–Crippen MR) is 83.2 cm³/mol. The molecule has 0 fully saturated rings. The monoisotopic (exact) mass is 265 g/mol. The van der Waals surface area contributed by atoms with E-state index in [1.54, 1.807) is 0 Å². The van der Waals surface area contributed by atoms with E-state index in [2.05, 4.69) is 64.2 Å². The van der Waals surface area contributed by atoms with Gasteiger partial charge in [-0.25, -0.2) is 0 Å². The Kier molecular flexibility index (Phi) is 6.24. The molecule has 0 unspecified atom stereocenters. The Morgan fingerprint density at radius 3 is 2.44 bits per heavy atom. The highest BCUT2D eigenvalue weighted by molar-refractivity contribution is 7.99. The quantitative estimate of drug-likeness (QED) is 0.747. The lowest BCUT2D eigenvalue weighted by atomic mass is 10.1. The molecule has 0 aliphatic heterocycles. The second-order valence-electron chi connectivity index (χ2n) is 6.24. The van der Waals surface area contributed by atoms with Crippen LogP contribution in [0.1, 0.15) is 46.6 Å². The molecule has 0 aliphatic carbocycles.